The van der Waals surface area contributed by atoms with E-state index in [0.717, 1.165) is 54.3 Å². The highest BCUT2D eigenvalue weighted by molar-refractivity contribution is 7.11. The van der Waals surface area contributed by atoms with Gasteiger partial charge < -0.3 is 15.5 Å². The molecule has 0 saturated carbocycles. The smallest absolute Gasteiger partial charge is 0.191 e. The van der Waals surface area contributed by atoms with Crippen LogP contribution in [0.1, 0.15) is 49.1 Å². The first-order valence-corrected chi connectivity index (χ1v) is 11.1. The summed E-state index contributed by atoms with van der Waals surface area (Å²) >= 11 is 1.75. The molecule has 3 rings (SSSR count). The predicted molar refractivity (Wildman–Crippen MR) is 118 cm³/mol. The lowest BCUT2D eigenvalue weighted by atomic mass is 9.99. The number of rotatable bonds is 7. The molecule has 0 bridgehead atoms. The van der Waals surface area contributed by atoms with E-state index in [1.807, 2.05) is 12.4 Å². The second-order valence-corrected chi connectivity index (χ2v) is 8.52. The minimum absolute atomic E-state index is 0.609. The van der Waals surface area contributed by atoms with Crippen LogP contribution < -0.4 is 15.5 Å². The monoisotopic (exact) mass is 400 g/mol. The SMILES string of the molecule is CCNC(=NCc1ccc(N2CCC(C)CC2)nc1)NCc1ncc(CC)s1. The number of guanidine groups is 1. The van der Waals surface area contributed by atoms with Gasteiger partial charge in [0.25, 0.3) is 0 Å². The predicted octanol–water partition coefficient (Wildman–Crippen LogP) is 3.59. The number of hydrogen-bond acceptors (Lipinski definition) is 5. The van der Waals surface area contributed by atoms with Gasteiger partial charge in [0.05, 0.1) is 13.1 Å². The van der Waals surface area contributed by atoms with Gasteiger partial charge in [-0.3, -0.25) is 0 Å². The molecule has 0 amide bonds. The van der Waals surface area contributed by atoms with Gasteiger partial charge in [-0.2, -0.15) is 0 Å². The van der Waals surface area contributed by atoms with Gasteiger partial charge in [-0.05, 0) is 43.7 Å². The molecule has 0 spiro atoms. The summed E-state index contributed by atoms with van der Waals surface area (Å²) in [4.78, 5) is 17.5. The number of aromatic nitrogens is 2. The molecule has 0 aliphatic carbocycles. The Bertz CT molecular complexity index is 747. The molecule has 152 valence electrons. The van der Waals surface area contributed by atoms with Crippen LogP contribution in [0.4, 0.5) is 5.82 Å². The van der Waals surface area contributed by atoms with Gasteiger partial charge in [0.1, 0.15) is 10.8 Å². The number of nitrogens with one attached hydrogen (secondary N) is 2. The topological polar surface area (TPSA) is 65.4 Å². The summed E-state index contributed by atoms with van der Waals surface area (Å²) in [5, 5.41) is 7.76. The third-order valence-corrected chi connectivity index (χ3v) is 6.18. The van der Waals surface area contributed by atoms with E-state index in [0.29, 0.717) is 13.1 Å². The maximum absolute atomic E-state index is 4.70. The summed E-state index contributed by atoms with van der Waals surface area (Å²) in [6.45, 7) is 10.9. The van der Waals surface area contributed by atoms with Crippen LogP contribution in [-0.4, -0.2) is 35.6 Å². The lowest BCUT2D eigenvalue weighted by Crippen LogP contribution is -2.36. The van der Waals surface area contributed by atoms with Crippen molar-refractivity contribution in [3.63, 3.8) is 0 Å². The van der Waals surface area contributed by atoms with Gasteiger partial charge in [-0.15, -0.1) is 11.3 Å². The van der Waals surface area contributed by atoms with E-state index >= 15 is 0 Å². The van der Waals surface area contributed by atoms with E-state index in [2.05, 4.69) is 58.4 Å². The van der Waals surface area contributed by atoms with Crippen molar-refractivity contribution < 1.29 is 0 Å². The largest absolute Gasteiger partial charge is 0.357 e. The lowest BCUT2D eigenvalue weighted by molar-refractivity contribution is 0.436. The first kappa shape index (κ1) is 20.6. The zero-order chi connectivity index (χ0) is 19.8. The van der Waals surface area contributed by atoms with Gasteiger partial charge in [-0.1, -0.05) is 19.9 Å². The number of thiazole rings is 1. The Balaban J connectivity index is 1.54. The summed E-state index contributed by atoms with van der Waals surface area (Å²) in [7, 11) is 0. The van der Waals surface area contributed by atoms with Crippen molar-refractivity contribution in [3.05, 3.63) is 40.0 Å². The van der Waals surface area contributed by atoms with Crippen molar-refractivity contribution >= 4 is 23.1 Å². The van der Waals surface area contributed by atoms with Crippen LogP contribution in [0.15, 0.2) is 29.5 Å². The number of pyridine rings is 1. The van der Waals surface area contributed by atoms with Crippen LogP contribution >= 0.6 is 11.3 Å². The molecule has 2 aromatic rings. The van der Waals surface area contributed by atoms with Crippen LogP contribution in [-0.2, 0) is 19.5 Å². The molecule has 1 aliphatic heterocycles. The molecule has 0 radical (unpaired) electrons. The molecule has 7 heteroatoms. The van der Waals surface area contributed by atoms with Crippen molar-refractivity contribution in [2.45, 2.75) is 53.1 Å². The fraction of sp³-hybridized carbons (Fsp3) is 0.571. The van der Waals surface area contributed by atoms with E-state index in [4.69, 9.17) is 4.99 Å². The molecule has 0 aromatic carbocycles. The van der Waals surface area contributed by atoms with Crippen molar-refractivity contribution in [1.82, 2.24) is 20.6 Å². The summed E-state index contributed by atoms with van der Waals surface area (Å²) < 4.78 is 0. The number of anilines is 1. The molecule has 2 aromatic heterocycles. The highest BCUT2D eigenvalue weighted by Gasteiger charge is 2.16. The second kappa shape index (κ2) is 10.4. The summed E-state index contributed by atoms with van der Waals surface area (Å²) in [6.07, 6.45) is 7.45. The molecule has 28 heavy (non-hydrogen) atoms. The normalized spacial score (nSPS) is 15.7. The van der Waals surface area contributed by atoms with E-state index in [1.165, 1.54) is 17.7 Å². The fourth-order valence-corrected chi connectivity index (χ4v) is 4.00. The number of hydrogen-bond donors (Lipinski definition) is 2. The lowest BCUT2D eigenvalue weighted by Gasteiger charge is -2.31. The molecule has 0 unspecified atom stereocenters. The Kier molecular flexibility index (Phi) is 7.65. The summed E-state index contributed by atoms with van der Waals surface area (Å²) in [5.41, 5.74) is 1.12. The van der Waals surface area contributed by atoms with Crippen molar-refractivity contribution in [3.8, 4) is 0 Å². The van der Waals surface area contributed by atoms with Gasteiger partial charge in [-0.25, -0.2) is 15.0 Å². The van der Waals surface area contributed by atoms with Crippen LogP contribution in [0.5, 0.6) is 0 Å². The van der Waals surface area contributed by atoms with E-state index in [-0.39, 0.29) is 0 Å². The molecule has 0 atom stereocenters. The Labute approximate surface area is 172 Å². The second-order valence-electron chi connectivity index (χ2n) is 7.32. The van der Waals surface area contributed by atoms with Gasteiger partial charge in [0.15, 0.2) is 5.96 Å². The van der Waals surface area contributed by atoms with Gasteiger partial charge in [0.2, 0.25) is 0 Å². The van der Waals surface area contributed by atoms with Crippen molar-refractivity contribution in [2.24, 2.45) is 10.9 Å². The van der Waals surface area contributed by atoms with Crippen LogP contribution in [0.2, 0.25) is 0 Å². The number of nitrogens with zero attached hydrogens (tertiary/aromatic N) is 4. The Hall–Kier alpha value is -2.15. The van der Waals surface area contributed by atoms with Crippen LogP contribution in [0.25, 0.3) is 0 Å². The fourth-order valence-electron chi connectivity index (χ4n) is 3.20. The molecule has 2 N–H and O–H groups in total. The molecular formula is C21H32N6S. The third-order valence-electron chi connectivity index (χ3n) is 5.04. The van der Waals surface area contributed by atoms with Gasteiger partial charge >= 0.3 is 0 Å². The minimum Gasteiger partial charge on any atom is -0.357 e. The number of aryl methyl sites for hydroxylation is 1. The molecule has 1 saturated heterocycles. The summed E-state index contributed by atoms with van der Waals surface area (Å²) in [6, 6.07) is 4.27. The first-order chi connectivity index (χ1) is 13.7. The number of piperidine rings is 1. The average Bonchev–Trinajstić information content (AvgIpc) is 3.19. The van der Waals surface area contributed by atoms with E-state index in [1.54, 1.807) is 11.3 Å². The molecule has 3 heterocycles. The Morgan fingerprint density at radius 2 is 2.00 bits per heavy atom. The van der Waals surface area contributed by atoms with Gasteiger partial charge in [0, 0.05) is 36.9 Å². The zero-order valence-electron chi connectivity index (χ0n) is 17.2. The standard InChI is InChI=1S/C21H32N6S/c1-4-18-14-24-20(28-18)15-26-21(22-5-2)25-13-17-6-7-19(23-12-17)27-10-8-16(3)9-11-27/h6-7,12,14,16H,4-5,8-11,13,15H2,1-3H3,(H2,22,25,26). The van der Waals surface area contributed by atoms with Crippen LogP contribution in [0.3, 0.4) is 0 Å². The van der Waals surface area contributed by atoms with Crippen LogP contribution in [0, 0.1) is 5.92 Å². The van der Waals surface area contributed by atoms with E-state index < -0.39 is 0 Å². The molecule has 6 nitrogen and oxygen atoms in total. The highest BCUT2D eigenvalue weighted by Crippen LogP contribution is 2.21. The third kappa shape index (κ3) is 5.92. The molecular weight excluding hydrogens is 368 g/mol. The zero-order valence-corrected chi connectivity index (χ0v) is 18.1. The molecule has 1 aliphatic rings. The first-order valence-electron chi connectivity index (χ1n) is 10.3. The number of aliphatic imine (C=N–C) groups is 1. The Morgan fingerprint density at radius 3 is 2.64 bits per heavy atom. The Morgan fingerprint density at radius 1 is 1.18 bits per heavy atom. The average molecular weight is 401 g/mol. The maximum atomic E-state index is 4.70. The molecule has 1 fully saturated rings. The highest BCUT2D eigenvalue weighted by atomic mass is 32.1. The van der Waals surface area contributed by atoms with E-state index in [9.17, 15) is 0 Å². The summed E-state index contributed by atoms with van der Waals surface area (Å²) in [5.74, 6) is 2.73. The maximum Gasteiger partial charge on any atom is 0.191 e. The quantitative estimate of drug-likeness (QED) is 0.549. The van der Waals surface area contributed by atoms with Crippen molar-refractivity contribution in [1.29, 1.82) is 0 Å². The minimum atomic E-state index is 0.609. The van der Waals surface area contributed by atoms with Crippen molar-refractivity contribution in [2.75, 3.05) is 24.5 Å².